The van der Waals surface area contributed by atoms with Crippen LogP contribution < -0.4 is 5.32 Å². The van der Waals surface area contributed by atoms with Crippen LogP contribution in [0.3, 0.4) is 0 Å². The van der Waals surface area contributed by atoms with E-state index in [-0.39, 0.29) is 12.5 Å². The van der Waals surface area contributed by atoms with Crippen molar-refractivity contribution in [1.82, 2.24) is 5.32 Å². The maximum absolute atomic E-state index is 11.6. The van der Waals surface area contributed by atoms with Crippen molar-refractivity contribution >= 4 is 29.1 Å². The maximum Gasteiger partial charge on any atom is 0.220 e. The number of rotatable bonds is 8. The molecule has 0 bridgehead atoms. The number of halogens is 2. The Bertz CT molecular complexity index is 440. The predicted octanol–water partition coefficient (Wildman–Crippen LogP) is 2.44. The van der Waals surface area contributed by atoms with E-state index in [9.17, 15) is 9.90 Å². The Morgan fingerprint density at radius 3 is 2.80 bits per heavy atom. The molecule has 0 aliphatic rings. The molecule has 0 fully saturated rings. The lowest BCUT2D eigenvalue weighted by Gasteiger charge is -2.10. The SMILES string of the molecule is COCC(O)CCNC(=O)CCc1ccc(Cl)c(Cl)c1. The molecular weight excluding hydrogens is 301 g/mol. The molecule has 1 unspecified atom stereocenters. The van der Waals surface area contributed by atoms with Crippen LogP contribution >= 0.6 is 23.2 Å². The number of ether oxygens (including phenoxy) is 1. The highest BCUT2D eigenvalue weighted by atomic mass is 35.5. The summed E-state index contributed by atoms with van der Waals surface area (Å²) >= 11 is 11.7. The van der Waals surface area contributed by atoms with Crippen LogP contribution in [0.5, 0.6) is 0 Å². The molecule has 0 saturated heterocycles. The third-order valence-corrected chi connectivity index (χ3v) is 3.52. The van der Waals surface area contributed by atoms with Crippen molar-refractivity contribution in [2.45, 2.75) is 25.4 Å². The number of aliphatic hydroxyl groups excluding tert-OH is 1. The van der Waals surface area contributed by atoms with E-state index in [2.05, 4.69) is 5.32 Å². The van der Waals surface area contributed by atoms with Crippen LogP contribution in [0.1, 0.15) is 18.4 Å². The Labute approximate surface area is 129 Å². The van der Waals surface area contributed by atoms with Crippen LogP contribution in [0.2, 0.25) is 10.0 Å². The Balaban J connectivity index is 2.24. The minimum absolute atomic E-state index is 0.0549. The van der Waals surface area contributed by atoms with Gasteiger partial charge in [-0.2, -0.15) is 0 Å². The van der Waals surface area contributed by atoms with Crippen molar-refractivity contribution in [3.63, 3.8) is 0 Å². The molecule has 0 aromatic heterocycles. The molecule has 4 nitrogen and oxygen atoms in total. The molecule has 1 rings (SSSR count). The molecule has 0 radical (unpaired) electrons. The average Bonchev–Trinajstić information content (AvgIpc) is 2.40. The summed E-state index contributed by atoms with van der Waals surface area (Å²) in [7, 11) is 1.53. The molecule has 20 heavy (non-hydrogen) atoms. The van der Waals surface area contributed by atoms with Gasteiger partial charge in [-0.05, 0) is 30.5 Å². The van der Waals surface area contributed by atoms with Crippen LogP contribution in [0, 0.1) is 0 Å². The number of carbonyl (C=O) groups excluding carboxylic acids is 1. The summed E-state index contributed by atoms with van der Waals surface area (Å²) in [6.45, 7) is 0.712. The first kappa shape index (κ1) is 17.2. The number of aliphatic hydroxyl groups is 1. The van der Waals surface area contributed by atoms with Gasteiger partial charge in [0.25, 0.3) is 0 Å². The zero-order chi connectivity index (χ0) is 15.0. The highest BCUT2D eigenvalue weighted by Crippen LogP contribution is 2.23. The zero-order valence-corrected chi connectivity index (χ0v) is 12.9. The number of methoxy groups -OCH3 is 1. The normalized spacial score (nSPS) is 12.2. The van der Waals surface area contributed by atoms with Gasteiger partial charge in [0.15, 0.2) is 0 Å². The number of aryl methyl sites for hydroxylation is 1. The van der Waals surface area contributed by atoms with Gasteiger partial charge in [-0.15, -0.1) is 0 Å². The van der Waals surface area contributed by atoms with Gasteiger partial charge in [0.05, 0.1) is 22.8 Å². The summed E-state index contributed by atoms with van der Waals surface area (Å²) in [5.41, 5.74) is 0.967. The van der Waals surface area contributed by atoms with E-state index in [4.69, 9.17) is 27.9 Å². The second-order valence-corrected chi connectivity index (χ2v) is 5.31. The van der Waals surface area contributed by atoms with Crippen LogP contribution in [0.25, 0.3) is 0 Å². The average molecular weight is 320 g/mol. The molecule has 1 aromatic rings. The van der Waals surface area contributed by atoms with E-state index in [1.165, 1.54) is 7.11 Å². The number of carbonyl (C=O) groups is 1. The monoisotopic (exact) mass is 319 g/mol. The molecular formula is C14H19Cl2NO3. The van der Waals surface area contributed by atoms with E-state index in [1.54, 1.807) is 12.1 Å². The first-order chi connectivity index (χ1) is 9.52. The first-order valence-corrected chi connectivity index (χ1v) is 7.16. The molecule has 1 aromatic carbocycles. The lowest BCUT2D eigenvalue weighted by Crippen LogP contribution is -2.28. The molecule has 0 aliphatic carbocycles. The fraction of sp³-hybridized carbons (Fsp3) is 0.500. The van der Waals surface area contributed by atoms with Gasteiger partial charge in [0, 0.05) is 20.1 Å². The lowest BCUT2D eigenvalue weighted by atomic mass is 10.1. The number of nitrogens with one attached hydrogen (secondary N) is 1. The topological polar surface area (TPSA) is 58.6 Å². The zero-order valence-electron chi connectivity index (χ0n) is 11.4. The lowest BCUT2D eigenvalue weighted by molar-refractivity contribution is -0.121. The van der Waals surface area contributed by atoms with E-state index in [1.807, 2.05) is 6.07 Å². The Morgan fingerprint density at radius 1 is 1.40 bits per heavy atom. The van der Waals surface area contributed by atoms with Crippen molar-refractivity contribution < 1.29 is 14.6 Å². The summed E-state index contributed by atoms with van der Waals surface area (Å²) in [5.74, 6) is -0.0549. The molecule has 0 spiro atoms. The molecule has 6 heteroatoms. The van der Waals surface area contributed by atoms with Crippen molar-refractivity contribution in [2.75, 3.05) is 20.3 Å². The third-order valence-electron chi connectivity index (χ3n) is 2.78. The Hall–Kier alpha value is -0.810. The van der Waals surface area contributed by atoms with Crippen molar-refractivity contribution in [2.24, 2.45) is 0 Å². The van der Waals surface area contributed by atoms with E-state index < -0.39 is 6.10 Å². The Kier molecular flexibility index (Phi) is 7.92. The number of benzene rings is 1. The summed E-state index contributed by atoms with van der Waals surface area (Å²) in [6, 6.07) is 5.33. The minimum atomic E-state index is -0.546. The quantitative estimate of drug-likeness (QED) is 0.773. The second-order valence-electron chi connectivity index (χ2n) is 4.50. The molecule has 1 atom stereocenters. The fourth-order valence-corrected chi connectivity index (χ4v) is 2.02. The highest BCUT2D eigenvalue weighted by Gasteiger charge is 2.06. The second kappa shape index (κ2) is 9.19. The summed E-state index contributed by atoms with van der Waals surface area (Å²) in [5, 5.41) is 13.2. The largest absolute Gasteiger partial charge is 0.391 e. The van der Waals surface area contributed by atoms with E-state index in [0.717, 1.165) is 5.56 Å². The molecule has 112 valence electrons. The Morgan fingerprint density at radius 2 is 2.15 bits per heavy atom. The number of hydrogen-bond acceptors (Lipinski definition) is 3. The first-order valence-electron chi connectivity index (χ1n) is 6.40. The van der Waals surface area contributed by atoms with Gasteiger partial charge in [-0.1, -0.05) is 29.3 Å². The van der Waals surface area contributed by atoms with Crippen molar-refractivity contribution in [1.29, 1.82) is 0 Å². The van der Waals surface area contributed by atoms with E-state index in [0.29, 0.717) is 35.9 Å². The van der Waals surface area contributed by atoms with Gasteiger partial charge in [0.2, 0.25) is 5.91 Å². The molecule has 2 N–H and O–H groups in total. The van der Waals surface area contributed by atoms with E-state index >= 15 is 0 Å². The van der Waals surface area contributed by atoms with Crippen LogP contribution in [0.15, 0.2) is 18.2 Å². The van der Waals surface area contributed by atoms with Gasteiger partial charge in [-0.25, -0.2) is 0 Å². The van der Waals surface area contributed by atoms with Gasteiger partial charge in [0.1, 0.15) is 0 Å². The maximum atomic E-state index is 11.6. The smallest absolute Gasteiger partial charge is 0.220 e. The third kappa shape index (κ3) is 6.57. The van der Waals surface area contributed by atoms with Crippen LogP contribution in [0.4, 0.5) is 0 Å². The highest BCUT2D eigenvalue weighted by molar-refractivity contribution is 6.42. The molecule has 1 amide bonds. The summed E-state index contributed by atoms with van der Waals surface area (Å²) in [4.78, 5) is 11.6. The van der Waals surface area contributed by atoms with Gasteiger partial charge in [-0.3, -0.25) is 4.79 Å². The minimum Gasteiger partial charge on any atom is -0.391 e. The molecule has 0 heterocycles. The van der Waals surface area contributed by atoms with Crippen LogP contribution in [-0.2, 0) is 16.0 Å². The number of amides is 1. The molecule has 0 aliphatic heterocycles. The van der Waals surface area contributed by atoms with Crippen molar-refractivity contribution in [3.05, 3.63) is 33.8 Å². The van der Waals surface area contributed by atoms with Gasteiger partial charge < -0.3 is 15.2 Å². The van der Waals surface area contributed by atoms with Crippen LogP contribution in [-0.4, -0.2) is 37.4 Å². The number of hydrogen-bond donors (Lipinski definition) is 2. The standard InChI is InChI=1S/C14H19Cl2NO3/c1-20-9-11(18)6-7-17-14(19)5-3-10-2-4-12(15)13(16)8-10/h2,4,8,11,18H,3,5-7,9H2,1H3,(H,17,19). The predicted molar refractivity (Wildman–Crippen MR) is 80.3 cm³/mol. The summed E-state index contributed by atoms with van der Waals surface area (Å²) in [6.07, 6.45) is 0.906. The van der Waals surface area contributed by atoms with Gasteiger partial charge >= 0.3 is 0 Å². The van der Waals surface area contributed by atoms with Crippen molar-refractivity contribution in [3.8, 4) is 0 Å². The summed E-state index contributed by atoms with van der Waals surface area (Å²) < 4.78 is 4.80. The fourth-order valence-electron chi connectivity index (χ4n) is 1.70. The molecule has 0 saturated carbocycles.